The summed E-state index contributed by atoms with van der Waals surface area (Å²) in [6, 6.07) is 24.3. The van der Waals surface area contributed by atoms with E-state index in [1.54, 1.807) is 12.2 Å². The summed E-state index contributed by atoms with van der Waals surface area (Å²) in [4.78, 5) is 0. The summed E-state index contributed by atoms with van der Waals surface area (Å²) >= 11 is 0. The summed E-state index contributed by atoms with van der Waals surface area (Å²) in [5, 5.41) is 21.4. The number of phenolic OH excluding ortho intramolecular Hbond substituents is 2. The fraction of sp³-hybridized carbons (Fsp3) is 0.0968. The molecule has 1 aliphatic rings. The van der Waals surface area contributed by atoms with Crippen LogP contribution in [0.25, 0.3) is 11.1 Å². The molecule has 0 aromatic heterocycles. The molecule has 0 saturated carbocycles. The van der Waals surface area contributed by atoms with E-state index >= 15 is 0 Å². The van der Waals surface area contributed by atoms with Crippen LogP contribution in [0.4, 0.5) is 11.4 Å². The maximum absolute atomic E-state index is 10.7. The van der Waals surface area contributed by atoms with Crippen molar-refractivity contribution in [2.45, 2.75) is 18.3 Å². The number of hydrogen-bond donors (Lipinski definition) is 4. The van der Waals surface area contributed by atoms with Crippen molar-refractivity contribution in [1.29, 1.82) is 0 Å². The molecule has 0 fully saturated rings. The third-order valence-electron chi connectivity index (χ3n) is 6.98. The fourth-order valence-electron chi connectivity index (χ4n) is 5.52. The van der Waals surface area contributed by atoms with E-state index in [1.807, 2.05) is 48.5 Å². The lowest BCUT2D eigenvalue weighted by Gasteiger charge is -2.35. The predicted octanol–water partition coefficient (Wildman–Crippen LogP) is 6.08. The van der Waals surface area contributed by atoms with Crippen LogP contribution in [0.2, 0.25) is 0 Å². The van der Waals surface area contributed by atoms with E-state index in [0.717, 1.165) is 33.4 Å². The molecule has 0 heterocycles. The molecule has 4 heteroatoms. The molecule has 174 valence electrons. The van der Waals surface area contributed by atoms with Crippen LogP contribution in [0.5, 0.6) is 11.5 Å². The first-order valence-electron chi connectivity index (χ1n) is 11.6. The van der Waals surface area contributed by atoms with E-state index in [2.05, 4.69) is 37.4 Å². The normalized spacial score (nSPS) is 13.1. The average molecular weight is 461 g/mol. The highest BCUT2D eigenvalue weighted by Gasteiger charge is 2.46. The van der Waals surface area contributed by atoms with Gasteiger partial charge in [-0.2, -0.15) is 0 Å². The average Bonchev–Trinajstić information content (AvgIpc) is 3.16. The number of nitrogen functional groups attached to an aromatic ring is 2. The van der Waals surface area contributed by atoms with Crippen LogP contribution < -0.4 is 11.5 Å². The second-order valence-corrected chi connectivity index (χ2v) is 8.97. The van der Waals surface area contributed by atoms with Gasteiger partial charge in [0.05, 0.1) is 16.8 Å². The van der Waals surface area contributed by atoms with Crippen molar-refractivity contribution >= 4 is 11.4 Å². The minimum atomic E-state index is -0.761. The van der Waals surface area contributed by atoms with Crippen LogP contribution in [-0.2, 0) is 18.3 Å². The number of phenols is 2. The Morgan fingerprint density at radius 1 is 0.657 bits per heavy atom. The smallest absolute Gasteiger partial charge is 0.141 e. The number of rotatable bonds is 6. The molecule has 4 aromatic carbocycles. The Bertz CT molecular complexity index is 1370. The van der Waals surface area contributed by atoms with Gasteiger partial charge in [0.1, 0.15) is 11.5 Å². The Hall–Kier alpha value is -4.44. The van der Waals surface area contributed by atoms with Crippen LogP contribution in [0.15, 0.2) is 98.1 Å². The zero-order chi connectivity index (χ0) is 24.7. The van der Waals surface area contributed by atoms with Gasteiger partial charge in [0, 0.05) is 11.1 Å². The van der Waals surface area contributed by atoms with Crippen LogP contribution >= 0.6 is 0 Å². The minimum absolute atomic E-state index is 0.0703. The Morgan fingerprint density at radius 3 is 1.46 bits per heavy atom. The van der Waals surface area contributed by atoms with Gasteiger partial charge in [-0.3, -0.25) is 0 Å². The number of allylic oxidation sites excluding steroid dienone is 2. The molecular formula is C31H28N2O2. The molecule has 6 N–H and O–H groups in total. The zero-order valence-electron chi connectivity index (χ0n) is 19.5. The molecule has 0 unspecified atom stereocenters. The van der Waals surface area contributed by atoms with Crippen LogP contribution in [0.3, 0.4) is 0 Å². The van der Waals surface area contributed by atoms with E-state index < -0.39 is 5.41 Å². The number of fused-ring (bicyclic) bond motifs is 3. The second-order valence-electron chi connectivity index (χ2n) is 8.97. The van der Waals surface area contributed by atoms with Crippen LogP contribution in [-0.4, -0.2) is 10.2 Å². The first-order chi connectivity index (χ1) is 16.9. The molecule has 4 aromatic rings. The predicted molar refractivity (Wildman–Crippen MR) is 144 cm³/mol. The molecule has 4 nitrogen and oxygen atoms in total. The molecule has 35 heavy (non-hydrogen) atoms. The Labute approximate surface area is 205 Å². The van der Waals surface area contributed by atoms with Gasteiger partial charge in [-0.25, -0.2) is 0 Å². The van der Waals surface area contributed by atoms with E-state index in [-0.39, 0.29) is 11.5 Å². The molecular weight excluding hydrogens is 432 g/mol. The maximum Gasteiger partial charge on any atom is 0.141 e. The summed E-state index contributed by atoms with van der Waals surface area (Å²) in [6.45, 7) is 7.70. The van der Waals surface area contributed by atoms with Gasteiger partial charge in [-0.15, -0.1) is 13.2 Å². The molecule has 0 bridgehead atoms. The lowest BCUT2D eigenvalue weighted by atomic mass is 9.66. The van der Waals surface area contributed by atoms with Gasteiger partial charge in [0.25, 0.3) is 0 Å². The maximum atomic E-state index is 10.7. The summed E-state index contributed by atoms with van der Waals surface area (Å²) in [5.41, 5.74) is 20.2. The first kappa shape index (κ1) is 22.4. The monoisotopic (exact) mass is 460 g/mol. The quantitative estimate of drug-likeness (QED) is 0.140. The van der Waals surface area contributed by atoms with Crippen molar-refractivity contribution in [1.82, 2.24) is 0 Å². The standard InChI is InChI=1S/C31H28N2O2/c1-3-9-19-15-21(17-27(32)29(19)34)31(22-16-20(10-4-2)30(35)28(33)18-22)25-13-7-5-11-23(25)24-12-6-8-14-26(24)31/h3-8,11-18,34-35H,1-2,9-10,32-33H2. The van der Waals surface area contributed by atoms with Crippen molar-refractivity contribution in [3.63, 3.8) is 0 Å². The summed E-state index contributed by atoms with van der Waals surface area (Å²) in [6.07, 6.45) is 4.45. The van der Waals surface area contributed by atoms with Gasteiger partial charge in [-0.1, -0.05) is 72.8 Å². The van der Waals surface area contributed by atoms with Crippen molar-refractivity contribution in [3.8, 4) is 22.6 Å². The number of anilines is 2. The van der Waals surface area contributed by atoms with E-state index in [0.29, 0.717) is 35.3 Å². The molecule has 5 rings (SSSR count). The highest BCUT2D eigenvalue weighted by atomic mass is 16.3. The molecule has 0 spiro atoms. The molecule has 0 radical (unpaired) electrons. The van der Waals surface area contributed by atoms with Crippen LogP contribution in [0.1, 0.15) is 33.4 Å². The second kappa shape index (κ2) is 8.41. The number of aromatic hydroxyl groups is 2. The van der Waals surface area contributed by atoms with Crippen molar-refractivity contribution in [3.05, 3.63) is 131 Å². The van der Waals surface area contributed by atoms with Crippen molar-refractivity contribution in [2.75, 3.05) is 11.5 Å². The lowest BCUT2D eigenvalue weighted by molar-refractivity contribution is 0.471. The Kier molecular flexibility index (Phi) is 5.37. The highest BCUT2D eigenvalue weighted by Crippen LogP contribution is 2.57. The number of hydrogen-bond acceptors (Lipinski definition) is 4. The number of nitrogens with two attached hydrogens (primary N) is 2. The fourth-order valence-corrected chi connectivity index (χ4v) is 5.52. The van der Waals surface area contributed by atoms with Crippen molar-refractivity contribution in [2.24, 2.45) is 0 Å². The van der Waals surface area contributed by atoms with Gasteiger partial charge < -0.3 is 21.7 Å². The van der Waals surface area contributed by atoms with Gasteiger partial charge in [0.15, 0.2) is 0 Å². The van der Waals surface area contributed by atoms with Gasteiger partial charge in [-0.05, 0) is 58.4 Å². The molecule has 0 amide bonds. The summed E-state index contributed by atoms with van der Waals surface area (Å²) in [7, 11) is 0. The Balaban J connectivity index is 1.97. The van der Waals surface area contributed by atoms with Crippen molar-refractivity contribution < 1.29 is 10.2 Å². The lowest BCUT2D eigenvalue weighted by Crippen LogP contribution is -2.29. The van der Waals surface area contributed by atoms with Gasteiger partial charge in [0.2, 0.25) is 0 Å². The third kappa shape index (κ3) is 3.22. The Morgan fingerprint density at radius 2 is 1.06 bits per heavy atom. The minimum Gasteiger partial charge on any atom is -0.505 e. The SMILES string of the molecule is C=CCc1cc(C2(c3cc(N)c(O)c(CC=C)c3)c3ccccc3-c3ccccc32)cc(N)c1O. The largest absolute Gasteiger partial charge is 0.505 e. The highest BCUT2D eigenvalue weighted by molar-refractivity contribution is 5.87. The number of benzene rings is 4. The van der Waals surface area contributed by atoms with E-state index in [4.69, 9.17) is 11.5 Å². The van der Waals surface area contributed by atoms with E-state index in [1.165, 1.54) is 0 Å². The topological polar surface area (TPSA) is 92.5 Å². The molecule has 0 aliphatic heterocycles. The van der Waals surface area contributed by atoms with E-state index in [9.17, 15) is 10.2 Å². The van der Waals surface area contributed by atoms with Crippen LogP contribution in [0, 0.1) is 0 Å². The summed E-state index contributed by atoms with van der Waals surface area (Å²) in [5.74, 6) is 0.141. The first-order valence-corrected chi connectivity index (χ1v) is 11.6. The zero-order valence-corrected chi connectivity index (χ0v) is 19.5. The molecule has 1 aliphatic carbocycles. The van der Waals surface area contributed by atoms with Gasteiger partial charge >= 0.3 is 0 Å². The molecule has 0 atom stereocenters. The summed E-state index contributed by atoms with van der Waals surface area (Å²) < 4.78 is 0. The third-order valence-corrected chi connectivity index (χ3v) is 6.98. The molecule has 0 saturated heterocycles.